The lowest BCUT2D eigenvalue weighted by Crippen LogP contribution is -2.30. The average Bonchev–Trinajstić information content (AvgIpc) is 2.89. The Kier molecular flexibility index (Phi) is 7.94. The van der Waals surface area contributed by atoms with Crippen molar-refractivity contribution in [2.75, 3.05) is 21.7 Å². The molecule has 0 radical (unpaired) electrons. The van der Waals surface area contributed by atoms with Crippen LogP contribution in [0.4, 0.5) is 11.4 Å². The quantitative estimate of drug-likeness (QED) is 0.243. The molecule has 0 aromatic heterocycles. The number of benzene rings is 4. The number of rotatable bonds is 9. The number of anilines is 2. The molecule has 0 atom stereocenters. The van der Waals surface area contributed by atoms with Crippen LogP contribution in [-0.4, -0.2) is 29.9 Å². The summed E-state index contributed by atoms with van der Waals surface area (Å²) in [5.74, 6) is 0. The highest BCUT2D eigenvalue weighted by Crippen LogP contribution is 2.29. The fourth-order valence-corrected chi connectivity index (χ4v) is 7.37. The molecule has 0 aliphatic carbocycles. The van der Waals surface area contributed by atoms with Crippen LogP contribution in [-0.2, 0) is 20.0 Å². The second-order valence-electron chi connectivity index (χ2n) is 9.07. The molecular formula is C30H32N2O4S2. The lowest BCUT2D eigenvalue weighted by atomic mass is 10.1. The minimum absolute atomic E-state index is 0.195. The van der Waals surface area contributed by atoms with Crippen molar-refractivity contribution in [1.82, 2.24) is 0 Å². The lowest BCUT2D eigenvalue weighted by molar-refractivity contribution is 0.590. The van der Waals surface area contributed by atoms with Crippen molar-refractivity contribution in [1.29, 1.82) is 0 Å². The Balaban J connectivity index is 1.59. The highest BCUT2D eigenvalue weighted by atomic mass is 32.2. The van der Waals surface area contributed by atoms with Crippen LogP contribution in [0.1, 0.15) is 25.0 Å². The van der Waals surface area contributed by atoms with Gasteiger partial charge in [-0.15, -0.1) is 0 Å². The van der Waals surface area contributed by atoms with E-state index in [1.165, 1.54) is 8.61 Å². The molecule has 0 N–H and O–H groups in total. The molecule has 0 unspecified atom stereocenters. The third-order valence-corrected chi connectivity index (χ3v) is 10.2. The maximum atomic E-state index is 13.4. The van der Waals surface area contributed by atoms with E-state index < -0.39 is 20.0 Å². The van der Waals surface area contributed by atoms with E-state index in [2.05, 4.69) is 0 Å². The molecule has 38 heavy (non-hydrogen) atoms. The van der Waals surface area contributed by atoms with E-state index in [1.54, 1.807) is 60.7 Å². The minimum atomic E-state index is -3.74. The summed E-state index contributed by atoms with van der Waals surface area (Å²) in [6.07, 6.45) is 0. The second kappa shape index (κ2) is 11.0. The highest BCUT2D eigenvalue weighted by Gasteiger charge is 2.25. The number of hydrogen-bond donors (Lipinski definition) is 0. The molecule has 0 bridgehead atoms. The molecule has 0 fully saturated rings. The summed E-state index contributed by atoms with van der Waals surface area (Å²) in [5, 5.41) is 0. The summed E-state index contributed by atoms with van der Waals surface area (Å²) in [6, 6.07) is 28.1. The molecule has 8 heteroatoms. The van der Waals surface area contributed by atoms with Crippen LogP contribution in [0.3, 0.4) is 0 Å². The van der Waals surface area contributed by atoms with Gasteiger partial charge < -0.3 is 0 Å². The lowest BCUT2D eigenvalue weighted by Gasteiger charge is -2.23. The molecule has 0 aliphatic heterocycles. The summed E-state index contributed by atoms with van der Waals surface area (Å²) in [7, 11) is -7.48. The Labute approximate surface area is 226 Å². The van der Waals surface area contributed by atoms with E-state index in [-0.39, 0.29) is 9.79 Å². The maximum absolute atomic E-state index is 13.4. The number of hydrogen-bond acceptors (Lipinski definition) is 4. The van der Waals surface area contributed by atoms with Crippen molar-refractivity contribution >= 4 is 31.4 Å². The van der Waals surface area contributed by atoms with Crippen molar-refractivity contribution in [2.24, 2.45) is 0 Å². The van der Waals surface area contributed by atoms with E-state index in [0.29, 0.717) is 24.5 Å². The van der Waals surface area contributed by atoms with E-state index in [4.69, 9.17) is 0 Å². The van der Waals surface area contributed by atoms with Crippen molar-refractivity contribution in [2.45, 2.75) is 37.5 Å². The second-order valence-corrected chi connectivity index (χ2v) is 12.8. The van der Waals surface area contributed by atoms with Crippen LogP contribution in [0.2, 0.25) is 0 Å². The summed E-state index contributed by atoms with van der Waals surface area (Å²) in [6.45, 7) is 8.09. The summed E-state index contributed by atoms with van der Waals surface area (Å²) in [4.78, 5) is 0.390. The van der Waals surface area contributed by atoms with Crippen LogP contribution >= 0.6 is 0 Å². The molecule has 0 spiro atoms. The van der Waals surface area contributed by atoms with Gasteiger partial charge in [-0.3, -0.25) is 8.61 Å². The number of aryl methyl sites for hydroxylation is 2. The predicted molar refractivity (Wildman–Crippen MR) is 155 cm³/mol. The van der Waals surface area contributed by atoms with Gasteiger partial charge in [0.1, 0.15) is 0 Å². The van der Waals surface area contributed by atoms with E-state index in [1.807, 2.05) is 64.1 Å². The smallest absolute Gasteiger partial charge is 0.264 e. The molecule has 4 rings (SSSR count). The first kappa shape index (κ1) is 27.4. The third-order valence-electron chi connectivity index (χ3n) is 6.37. The van der Waals surface area contributed by atoms with E-state index in [0.717, 1.165) is 22.3 Å². The Hall–Kier alpha value is -3.62. The molecule has 198 valence electrons. The largest absolute Gasteiger partial charge is 0.267 e. The fraction of sp³-hybridized carbons (Fsp3) is 0.200. The first-order valence-electron chi connectivity index (χ1n) is 12.5. The van der Waals surface area contributed by atoms with Crippen LogP contribution in [0.25, 0.3) is 11.1 Å². The molecule has 4 aromatic rings. The number of sulfonamides is 2. The van der Waals surface area contributed by atoms with Gasteiger partial charge in [0.15, 0.2) is 0 Å². The van der Waals surface area contributed by atoms with Gasteiger partial charge in [0.25, 0.3) is 20.0 Å². The van der Waals surface area contributed by atoms with Gasteiger partial charge in [0.05, 0.1) is 21.2 Å². The van der Waals surface area contributed by atoms with Gasteiger partial charge in [-0.2, -0.15) is 0 Å². The van der Waals surface area contributed by atoms with Crippen molar-refractivity contribution < 1.29 is 16.8 Å². The van der Waals surface area contributed by atoms with Crippen LogP contribution in [0, 0.1) is 13.8 Å². The molecule has 6 nitrogen and oxygen atoms in total. The molecule has 0 saturated heterocycles. The standard InChI is InChI=1S/C30H32N2O4S2/c1-5-31(27-11-7-9-23(3)21-27)37(33,34)29-17-13-25(14-18-29)26-15-19-30(20-16-26)38(35,36)32(6-2)28-12-8-10-24(4)22-28/h7-22H,5-6H2,1-4H3. The molecule has 4 aromatic carbocycles. The zero-order valence-corrected chi connectivity index (χ0v) is 23.6. The zero-order chi connectivity index (χ0) is 27.5. The Morgan fingerprint density at radius 1 is 0.526 bits per heavy atom. The van der Waals surface area contributed by atoms with Gasteiger partial charge in [-0.25, -0.2) is 16.8 Å². The zero-order valence-electron chi connectivity index (χ0n) is 22.0. The fourth-order valence-electron chi connectivity index (χ4n) is 4.44. The Morgan fingerprint density at radius 2 is 0.868 bits per heavy atom. The van der Waals surface area contributed by atoms with Gasteiger partial charge in [-0.1, -0.05) is 48.5 Å². The first-order valence-corrected chi connectivity index (χ1v) is 15.3. The Bertz CT molecular complexity index is 1510. The predicted octanol–water partition coefficient (Wildman–Crippen LogP) is 6.40. The minimum Gasteiger partial charge on any atom is -0.267 e. The molecule has 0 saturated carbocycles. The Morgan fingerprint density at radius 3 is 1.16 bits per heavy atom. The van der Waals surface area contributed by atoms with Crippen LogP contribution in [0.5, 0.6) is 0 Å². The summed E-state index contributed by atoms with van der Waals surface area (Å²) < 4.78 is 56.2. The normalized spacial score (nSPS) is 11.8. The van der Waals surface area contributed by atoms with Crippen LogP contribution < -0.4 is 8.61 Å². The number of nitrogens with zero attached hydrogens (tertiary/aromatic N) is 2. The summed E-state index contributed by atoms with van der Waals surface area (Å²) in [5.41, 5.74) is 4.80. The molecule has 0 aliphatic rings. The van der Waals surface area contributed by atoms with Gasteiger partial charge in [0, 0.05) is 13.1 Å². The molecular weight excluding hydrogens is 516 g/mol. The van der Waals surface area contributed by atoms with Crippen molar-refractivity contribution in [3.63, 3.8) is 0 Å². The highest BCUT2D eigenvalue weighted by molar-refractivity contribution is 7.93. The van der Waals surface area contributed by atoms with Gasteiger partial charge in [0.2, 0.25) is 0 Å². The van der Waals surface area contributed by atoms with Crippen molar-refractivity contribution in [3.05, 3.63) is 108 Å². The van der Waals surface area contributed by atoms with Crippen molar-refractivity contribution in [3.8, 4) is 11.1 Å². The van der Waals surface area contributed by atoms with Gasteiger partial charge in [-0.05, 0) is 98.5 Å². The van der Waals surface area contributed by atoms with E-state index in [9.17, 15) is 16.8 Å². The first-order chi connectivity index (χ1) is 18.1. The molecule has 0 heterocycles. The van der Waals surface area contributed by atoms with E-state index >= 15 is 0 Å². The van der Waals surface area contributed by atoms with Gasteiger partial charge >= 0.3 is 0 Å². The molecule has 0 amide bonds. The SMILES string of the molecule is CCN(c1cccc(C)c1)S(=O)(=O)c1ccc(-c2ccc(S(=O)(=O)N(CC)c3cccc(C)c3)cc2)cc1. The summed E-state index contributed by atoms with van der Waals surface area (Å²) >= 11 is 0. The van der Waals surface area contributed by atoms with Crippen LogP contribution in [0.15, 0.2) is 107 Å². The third kappa shape index (κ3) is 5.47. The topological polar surface area (TPSA) is 74.8 Å². The maximum Gasteiger partial charge on any atom is 0.264 e. The average molecular weight is 549 g/mol. The monoisotopic (exact) mass is 548 g/mol.